The second-order valence-corrected chi connectivity index (χ2v) is 15.4. The van der Waals surface area contributed by atoms with Crippen LogP contribution >= 0.6 is 0 Å². The zero-order chi connectivity index (χ0) is 38.2. The Balaban J connectivity index is 1.09. The molecule has 0 amide bonds. The van der Waals surface area contributed by atoms with Crippen LogP contribution in [0.15, 0.2) is 199 Å². The summed E-state index contributed by atoms with van der Waals surface area (Å²) in [6.45, 7) is 0. The summed E-state index contributed by atoms with van der Waals surface area (Å²) in [4.78, 5) is 10.1. The first-order chi connectivity index (χ1) is 28.7. The van der Waals surface area contributed by atoms with Gasteiger partial charge >= 0.3 is 0 Å². The lowest BCUT2D eigenvalue weighted by Crippen LogP contribution is -2.45. The number of ether oxygens (including phenoxy) is 1. The summed E-state index contributed by atoms with van der Waals surface area (Å²) in [6.07, 6.45) is 3.50. The average Bonchev–Trinajstić information content (AvgIpc) is 3.58. The first-order valence-corrected chi connectivity index (χ1v) is 19.9. The highest BCUT2D eigenvalue weighted by Crippen LogP contribution is 2.62. The number of rotatable bonds is 4. The highest BCUT2D eigenvalue weighted by Gasteiger charge is 2.51. The van der Waals surface area contributed by atoms with Crippen LogP contribution in [0.5, 0.6) is 11.5 Å². The minimum Gasteiger partial charge on any atom is -0.457 e. The van der Waals surface area contributed by atoms with Crippen molar-refractivity contribution in [1.29, 1.82) is 0 Å². The van der Waals surface area contributed by atoms with Gasteiger partial charge < -0.3 is 10.1 Å². The third-order valence-electron chi connectivity index (χ3n) is 12.3. The normalized spacial score (nSPS) is 17.1. The molecule has 1 aromatic heterocycles. The molecule has 1 aliphatic carbocycles. The molecule has 2 unspecified atom stereocenters. The van der Waals surface area contributed by atoms with Crippen molar-refractivity contribution in [2.45, 2.75) is 17.7 Å². The fourth-order valence-electron chi connectivity index (χ4n) is 9.74. The molecular formula is C53H36N4O. The zero-order valence-electron chi connectivity index (χ0n) is 31.4. The Hall–Kier alpha value is -7.34. The largest absolute Gasteiger partial charge is 0.457 e. The van der Waals surface area contributed by atoms with Gasteiger partial charge in [0, 0.05) is 40.0 Å². The smallest absolute Gasteiger partial charge is 0.132 e. The summed E-state index contributed by atoms with van der Waals surface area (Å²) in [5.41, 5.74) is 12.1. The molecular weight excluding hydrogens is 709 g/mol. The second-order valence-electron chi connectivity index (χ2n) is 15.4. The van der Waals surface area contributed by atoms with E-state index in [1.165, 1.54) is 44.0 Å². The number of para-hydroxylation sites is 2. The Morgan fingerprint density at radius 3 is 1.88 bits per heavy atom. The quantitative estimate of drug-likeness (QED) is 0.188. The number of pyridine rings is 1. The van der Waals surface area contributed by atoms with E-state index in [1.54, 1.807) is 0 Å². The summed E-state index contributed by atoms with van der Waals surface area (Å²) in [5, 5.41) is 12.4. The first kappa shape index (κ1) is 32.9. The van der Waals surface area contributed by atoms with E-state index in [4.69, 9.17) is 9.73 Å². The molecule has 0 saturated carbocycles. The minimum absolute atomic E-state index is 0.185. The lowest BCUT2D eigenvalue weighted by Gasteiger charge is -2.39. The van der Waals surface area contributed by atoms with Crippen LogP contribution < -0.4 is 15.4 Å². The molecule has 5 nitrogen and oxygen atoms in total. The standard InChI is InChI=1S/C53H36N4O/c1-2-14-34(15-3-1)50-55-51(57-52(56-50)40-20-12-17-33-13-4-6-18-38(33)40)36-26-28-45-42(30-36)41-29-35(43-32-54-31-37-16-5-7-19-39(37)43)25-27-44(41)53(45)46-21-8-10-23-48(46)58-49-24-11-9-22-47(49)53/h1-32,50,52,56H,(H,55,57). The minimum atomic E-state index is -0.592. The molecule has 0 radical (unpaired) electrons. The van der Waals surface area contributed by atoms with Crippen LogP contribution in [0.2, 0.25) is 0 Å². The predicted molar refractivity (Wildman–Crippen MR) is 233 cm³/mol. The molecule has 2 N–H and O–H groups in total. The van der Waals surface area contributed by atoms with Crippen LogP contribution in [-0.2, 0) is 5.41 Å². The van der Waals surface area contributed by atoms with Crippen molar-refractivity contribution in [3.05, 3.63) is 233 Å². The number of fused-ring (bicyclic) bond motifs is 11. The molecule has 274 valence electrons. The Morgan fingerprint density at radius 2 is 1.10 bits per heavy atom. The summed E-state index contributed by atoms with van der Waals surface area (Å²) < 4.78 is 6.65. The number of aliphatic imine (C=N–C) groups is 1. The van der Waals surface area contributed by atoms with Crippen molar-refractivity contribution in [2.75, 3.05) is 0 Å². The molecule has 9 aromatic rings. The van der Waals surface area contributed by atoms with Gasteiger partial charge in [-0.2, -0.15) is 0 Å². The summed E-state index contributed by atoms with van der Waals surface area (Å²) in [7, 11) is 0. The van der Waals surface area contributed by atoms with Gasteiger partial charge in [0.2, 0.25) is 0 Å². The number of hydrogen-bond acceptors (Lipinski definition) is 5. The molecule has 2 aliphatic heterocycles. The highest BCUT2D eigenvalue weighted by molar-refractivity contribution is 6.03. The van der Waals surface area contributed by atoms with Gasteiger partial charge in [-0.25, -0.2) is 4.99 Å². The van der Waals surface area contributed by atoms with Gasteiger partial charge in [0.05, 0.1) is 5.41 Å². The van der Waals surface area contributed by atoms with E-state index in [9.17, 15) is 0 Å². The number of nitrogens with zero attached hydrogens (tertiary/aromatic N) is 2. The van der Waals surface area contributed by atoms with Gasteiger partial charge in [-0.15, -0.1) is 0 Å². The molecule has 3 heterocycles. The van der Waals surface area contributed by atoms with Gasteiger partial charge in [0.15, 0.2) is 0 Å². The van der Waals surface area contributed by atoms with Crippen LogP contribution in [0, 0.1) is 0 Å². The third kappa shape index (κ3) is 4.87. The molecule has 0 bridgehead atoms. The molecule has 8 aromatic carbocycles. The molecule has 2 atom stereocenters. The van der Waals surface area contributed by atoms with E-state index in [1.807, 2.05) is 12.4 Å². The van der Waals surface area contributed by atoms with Crippen molar-refractivity contribution in [2.24, 2.45) is 4.99 Å². The Labute approximate surface area is 336 Å². The van der Waals surface area contributed by atoms with E-state index >= 15 is 0 Å². The van der Waals surface area contributed by atoms with Crippen molar-refractivity contribution in [3.8, 4) is 33.8 Å². The van der Waals surface area contributed by atoms with Gasteiger partial charge in [-0.05, 0) is 79.4 Å². The van der Waals surface area contributed by atoms with Crippen LogP contribution in [0.25, 0.3) is 43.8 Å². The highest BCUT2D eigenvalue weighted by atomic mass is 16.5. The zero-order valence-corrected chi connectivity index (χ0v) is 31.4. The maximum absolute atomic E-state index is 6.65. The van der Waals surface area contributed by atoms with Crippen LogP contribution in [0.3, 0.4) is 0 Å². The number of hydrogen-bond donors (Lipinski definition) is 2. The maximum atomic E-state index is 6.65. The Morgan fingerprint density at radius 1 is 0.483 bits per heavy atom. The molecule has 3 aliphatic rings. The van der Waals surface area contributed by atoms with Crippen molar-refractivity contribution < 1.29 is 4.74 Å². The lowest BCUT2D eigenvalue weighted by molar-refractivity contribution is 0.411. The average molecular weight is 745 g/mol. The van der Waals surface area contributed by atoms with E-state index in [0.29, 0.717) is 0 Å². The van der Waals surface area contributed by atoms with Gasteiger partial charge in [-0.1, -0.05) is 158 Å². The fraction of sp³-hybridized carbons (Fsp3) is 0.0566. The molecule has 12 rings (SSSR count). The summed E-state index contributed by atoms with van der Waals surface area (Å²) in [6, 6.07) is 65.1. The molecule has 0 saturated heterocycles. The van der Waals surface area contributed by atoms with Crippen LogP contribution in [-0.4, -0.2) is 10.8 Å². The van der Waals surface area contributed by atoms with Crippen LogP contribution in [0.4, 0.5) is 0 Å². The predicted octanol–water partition coefficient (Wildman–Crippen LogP) is 11.9. The maximum Gasteiger partial charge on any atom is 0.132 e. The van der Waals surface area contributed by atoms with Crippen molar-refractivity contribution >= 4 is 27.4 Å². The molecule has 1 spiro atoms. The Bertz CT molecular complexity index is 3080. The molecule has 0 fully saturated rings. The number of aromatic nitrogens is 1. The van der Waals surface area contributed by atoms with E-state index < -0.39 is 5.41 Å². The third-order valence-corrected chi connectivity index (χ3v) is 12.3. The van der Waals surface area contributed by atoms with E-state index in [-0.39, 0.29) is 12.3 Å². The van der Waals surface area contributed by atoms with Gasteiger partial charge in [0.1, 0.15) is 29.7 Å². The second kappa shape index (κ2) is 12.8. The number of benzene rings is 8. The van der Waals surface area contributed by atoms with Gasteiger partial charge in [0.25, 0.3) is 0 Å². The van der Waals surface area contributed by atoms with Crippen LogP contribution in [0.1, 0.15) is 51.3 Å². The summed E-state index contributed by atoms with van der Waals surface area (Å²) >= 11 is 0. The monoisotopic (exact) mass is 744 g/mol. The SMILES string of the molecule is c1ccc(C2N=C(c3ccc4c(c3)-c3cc(-c5cncc6ccccc56)ccc3C43c4ccccc4Oc4ccccc43)NC(c3cccc4ccccc34)N2)cc1. The van der Waals surface area contributed by atoms with Crippen molar-refractivity contribution in [1.82, 2.24) is 15.6 Å². The summed E-state index contributed by atoms with van der Waals surface area (Å²) in [5.74, 6) is 2.59. The molecule has 5 heteroatoms. The van der Waals surface area contributed by atoms with E-state index in [2.05, 4.69) is 198 Å². The topological polar surface area (TPSA) is 58.5 Å². The number of amidine groups is 1. The fourth-order valence-corrected chi connectivity index (χ4v) is 9.74. The lowest BCUT2D eigenvalue weighted by atomic mass is 9.66. The van der Waals surface area contributed by atoms with E-state index in [0.717, 1.165) is 56.1 Å². The van der Waals surface area contributed by atoms with Gasteiger partial charge in [-0.3, -0.25) is 10.3 Å². The first-order valence-electron chi connectivity index (χ1n) is 19.9. The number of nitrogens with one attached hydrogen (secondary N) is 2. The molecule has 58 heavy (non-hydrogen) atoms. The van der Waals surface area contributed by atoms with Crippen molar-refractivity contribution in [3.63, 3.8) is 0 Å². The Kier molecular flexibility index (Phi) is 7.28.